The van der Waals surface area contributed by atoms with Gasteiger partial charge in [0, 0.05) is 23.1 Å². The predicted octanol–water partition coefficient (Wildman–Crippen LogP) is -0.0935. The Kier molecular flexibility index (Phi) is 7.07. The van der Waals surface area contributed by atoms with Crippen molar-refractivity contribution in [1.29, 1.82) is 0 Å². The first kappa shape index (κ1) is 29.2. The average Bonchev–Trinajstić information content (AvgIpc) is 3.40. The van der Waals surface area contributed by atoms with E-state index in [0.717, 1.165) is 18.9 Å². The lowest BCUT2D eigenvalue weighted by atomic mass is 9.57. The van der Waals surface area contributed by atoms with Crippen molar-refractivity contribution in [3.63, 3.8) is 0 Å². The number of nitro benzene ring substituents is 1. The molecule has 15 nitrogen and oxygen atoms in total. The maximum atomic E-state index is 13.9. The number of Topliss-reactive ketones (excluding diaryl/α,β-unsaturated/α-hetero) is 2. The number of nitrogens with zero attached hydrogens (tertiary/aromatic N) is 3. The summed E-state index contributed by atoms with van der Waals surface area (Å²) in [7, 11) is 2.94. The first-order chi connectivity index (χ1) is 19.7. The first-order valence-corrected chi connectivity index (χ1v) is 13.4. The lowest BCUT2D eigenvalue weighted by molar-refractivity contribution is -0.385. The van der Waals surface area contributed by atoms with Gasteiger partial charge in [0.05, 0.1) is 28.8 Å². The molecule has 1 aliphatic heterocycles. The number of nitro groups is 1. The van der Waals surface area contributed by atoms with Crippen LogP contribution in [0.4, 0.5) is 11.4 Å². The zero-order valence-electron chi connectivity index (χ0n) is 22.9. The van der Waals surface area contributed by atoms with E-state index in [1.807, 2.05) is 4.90 Å². The summed E-state index contributed by atoms with van der Waals surface area (Å²) in [5.41, 5.74) is -0.389. The van der Waals surface area contributed by atoms with E-state index < -0.39 is 91.4 Å². The molecular formula is C27H31N5O10. The molecule has 2 fully saturated rings. The number of carbonyl (C=O) groups is 4. The number of phenols is 1. The van der Waals surface area contributed by atoms with E-state index in [9.17, 15) is 49.7 Å². The van der Waals surface area contributed by atoms with Crippen molar-refractivity contribution in [2.24, 2.45) is 17.6 Å². The number of fused-ring (bicyclic) bond motifs is 3. The minimum atomic E-state index is -2.84. The summed E-state index contributed by atoms with van der Waals surface area (Å²) < 4.78 is 0. The minimum absolute atomic E-state index is 0.0219. The van der Waals surface area contributed by atoms with E-state index in [0.29, 0.717) is 13.1 Å². The van der Waals surface area contributed by atoms with Crippen LogP contribution in [0.5, 0.6) is 5.75 Å². The lowest BCUT2D eigenvalue weighted by Crippen LogP contribution is -2.65. The Bertz CT molecular complexity index is 1510. The van der Waals surface area contributed by atoms with E-state index in [1.54, 1.807) is 0 Å². The van der Waals surface area contributed by atoms with E-state index >= 15 is 0 Å². The van der Waals surface area contributed by atoms with E-state index in [2.05, 4.69) is 5.32 Å². The van der Waals surface area contributed by atoms with Crippen LogP contribution >= 0.6 is 0 Å². The molecule has 4 aliphatic rings. The van der Waals surface area contributed by atoms with Gasteiger partial charge in [0.25, 0.3) is 11.6 Å². The Morgan fingerprint density at radius 2 is 1.86 bits per heavy atom. The fraction of sp³-hybridized carbons (Fsp3) is 0.481. The number of likely N-dealkylation sites (tertiary alicyclic amines) is 1. The molecule has 0 radical (unpaired) electrons. The highest BCUT2D eigenvalue weighted by Crippen LogP contribution is 2.54. The molecule has 1 aromatic carbocycles. The number of hydrogen-bond acceptors (Lipinski definition) is 12. The van der Waals surface area contributed by atoms with Crippen LogP contribution in [0, 0.1) is 22.0 Å². The van der Waals surface area contributed by atoms with Crippen LogP contribution in [0.15, 0.2) is 23.0 Å². The molecule has 7 N–H and O–H groups in total. The monoisotopic (exact) mass is 585 g/mol. The number of nitrogens with one attached hydrogen (secondary N) is 1. The highest BCUT2D eigenvalue weighted by Gasteiger charge is 2.64. The summed E-state index contributed by atoms with van der Waals surface area (Å²) in [5, 5.41) is 59.6. The molecule has 5 rings (SSSR count). The fourth-order valence-corrected chi connectivity index (χ4v) is 6.88. The van der Waals surface area contributed by atoms with Crippen molar-refractivity contribution in [3.8, 4) is 5.75 Å². The maximum absolute atomic E-state index is 13.9. The lowest BCUT2D eigenvalue weighted by Gasteiger charge is -2.50. The zero-order chi connectivity index (χ0) is 30.8. The maximum Gasteiger partial charge on any atom is 0.275 e. The molecule has 4 atom stereocenters. The van der Waals surface area contributed by atoms with Gasteiger partial charge in [-0.3, -0.25) is 39.1 Å². The number of rotatable bonds is 6. The Labute approximate surface area is 239 Å². The summed E-state index contributed by atoms with van der Waals surface area (Å²) in [4.78, 5) is 66.5. The van der Waals surface area contributed by atoms with Gasteiger partial charge >= 0.3 is 0 Å². The summed E-state index contributed by atoms with van der Waals surface area (Å²) in [5.74, 6) is -9.19. The number of aliphatic hydroxyl groups is 3. The second-order valence-electron chi connectivity index (χ2n) is 11.4. The van der Waals surface area contributed by atoms with Gasteiger partial charge in [0.2, 0.25) is 11.7 Å². The molecule has 1 saturated carbocycles. The number of likely N-dealkylation sites (N-methyl/N-ethyl adjacent to an activating group) is 1. The van der Waals surface area contributed by atoms with Crippen LogP contribution in [-0.2, 0) is 25.6 Å². The number of anilines is 1. The summed E-state index contributed by atoms with van der Waals surface area (Å²) >= 11 is 0. The quantitative estimate of drug-likeness (QED) is 0.111. The van der Waals surface area contributed by atoms with Crippen molar-refractivity contribution in [2.75, 3.05) is 39.0 Å². The molecule has 2 amide bonds. The van der Waals surface area contributed by atoms with Gasteiger partial charge in [0.1, 0.15) is 17.1 Å². The molecule has 1 saturated heterocycles. The third-order valence-electron chi connectivity index (χ3n) is 8.73. The van der Waals surface area contributed by atoms with Crippen molar-refractivity contribution in [2.45, 2.75) is 37.3 Å². The molecule has 0 bridgehead atoms. The average molecular weight is 586 g/mol. The van der Waals surface area contributed by atoms with E-state index in [-0.39, 0.29) is 30.6 Å². The number of amides is 2. The number of benzene rings is 1. The summed E-state index contributed by atoms with van der Waals surface area (Å²) in [6.45, 7) is 1.37. The number of primary amides is 1. The number of carbonyl (C=O) groups excluding carboxylic acids is 4. The molecule has 224 valence electrons. The number of ketones is 2. The molecule has 42 heavy (non-hydrogen) atoms. The zero-order valence-corrected chi connectivity index (χ0v) is 22.9. The van der Waals surface area contributed by atoms with Gasteiger partial charge in [0.15, 0.2) is 17.1 Å². The van der Waals surface area contributed by atoms with Crippen molar-refractivity contribution in [3.05, 3.63) is 44.2 Å². The summed E-state index contributed by atoms with van der Waals surface area (Å²) in [6.07, 6.45) is 1.38. The van der Waals surface area contributed by atoms with Crippen LogP contribution in [0.25, 0.3) is 5.76 Å². The van der Waals surface area contributed by atoms with Crippen LogP contribution in [0.3, 0.4) is 0 Å². The molecular weight excluding hydrogens is 554 g/mol. The van der Waals surface area contributed by atoms with Gasteiger partial charge in [-0.05, 0) is 58.8 Å². The Balaban J connectivity index is 1.65. The molecule has 1 heterocycles. The fourth-order valence-electron chi connectivity index (χ4n) is 6.88. The van der Waals surface area contributed by atoms with E-state index in [4.69, 9.17) is 5.73 Å². The smallest absolute Gasteiger partial charge is 0.275 e. The van der Waals surface area contributed by atoms with Crippen LogP contribution in [0.1, 0.15) is 30.4 Å². The second kappa shape index (κ2) is 10.2. The van der Waals surface area contributed by atoms with Gasteiger partial charge in [-0.15, -0.1) is 0 Å². The SMILES string of the molecule is CN(C)[C@@H]1C(=O)C(C(N)=O)=C(O)[C@@]2(O)C(=O)C3=C(O)c4c(O)c(NC(=O)CN5CCCC5)cc([N+](=O)[O-])c4C[C@H]3C[C@@H]12. The van der Waals surface area contributed by atoms with Crippen LogP contribution < -0.4 is 11.1 Å². The van der Waals surface area contributed by atoms with Gasteiger partial charge < -0.3 is 31.5 Å². The Morgan fingerprint density at radius 1 is 1.21 bits per heavy atom. The normalized spacial score (nSPS) is 27.6. The molecule has 1 aromatic rings. The third kappa shape index (κ3) is 4.23. The van der Waals surface area contributed by atoms with E-state index in [1.165, 1.54) is 19.0 Å². The summed E-state index contributed by atoms with van der Waals surface area (Å²) in [6, 6.07) is -0.297. The van der Waals surface area contributed by atoms with Crippen molar-refractivity contribution >= 4 is 40.5 Å². The minimum Gasteiger partial charge on any atom is -0.508 e. The number of phenolic OH excluding ortho intramolecular Hbond substituents is 1. The molecule has 0 aromatic heterocycles. The van der Waals surface area contributed by atoms with Crippen molar-refractivity contribution in [1.82, 2.24) is 9.80 Å². The second-order valence-corrected chi connectivity index (χ2v) is 11.4. The number of aromatic hydroxyl groups is 1. The number of nitrogens with two attached hydrogens (primary N) is 1. The van der Waals surface area contributed by atoms with Crippen LogP contribution in [-0.4, -0.2) is 104 Å². The molecule has 0 unspecified atom stereocenters. The highest BCUT2D eigenvalue weighted by molar-refractivity contribution is 6.24. The molecule has 0 spiro atoms. The number of aliphatic hydroxyl groups excluding tert-OH is 2. The predicted molar refractivity (Wildman–Crippen MR) is 145 cm³/mol. The molecule has 3 aliphatic carbocycles. The Morgan fingerprint density at radius 3 is 2.43 bits per heavy atom. The first-order valence-electron chi connectivity index (χ1n) is 13.4. The van der Waals surface area contributed by atoms with Gasteiger partial charge in [-0.2, -0.15) is 0 Å². The topological polar surface area (TPSA) is 237 Å². The Hall–Kier alpha value is -4.34. The number of hydrogen-bond donors (Lipinski definition) is 6. The molecule has 15 heteroatoms. The third-order valence-corrected chi connectivity index (χ3v) is 8.73. The standard InChI is InChI=1S/C27H31N5O10/c1-30(2)20-13-8-11-7-12-15(32(41)42)9-14(29-16(33)10-31-5-3-4-6-31)21(34)18(12)22(35)17(11)24(37)27(13,40)25(38)19(23(20)36)26(28)39/h9,11,13,20,34-35,38,40H,3-8,10H2,1-2H3,(H2,28,39)(H,29,33)/t11-,13-,20-,27-/m0/s1. The van der Waals surface area contributed by atoms with Gasteiger partial charge in [-0.1, -0.05) is 0 Å². The largest absolute Gasteiger partial charge is 0.508 e. The highest BCUT2D eigenvalue weighted by atomic mass is 16.6. The van der Waals surface area contributed by atoms with Gasteiger partial charge in [-0.25, -0.2) is 0 Å². The van der Waals surface area contributed by atoms with Crippen LogP contribution in [0.2, 0.25) is 0 Å². The van der Waals surface area contributed by atoms with Crippen molar-refractivity contribution < 1.29 is 44.5 Å².